The first-order valence-corrected chi connectivity index (χ1v) is 9.25. The molecule has 2 atom stereocenters. The Hall–Kier alpha value is -1.88. The lowest BCUT2D eigenvalue weighted by Gasteiger charge is -2.30. The van der Waals surface area contributed by atoms with Crippen LogP contribution in [0.1, 0.15) is 50.8 Å². The Balaban J connectivity index is 1.84. The molecule has 1 heterocycles. The number of piperidine rings is 1. The number of hydrogen-bond donors (Lipinski definition) is 2. The van der Waals surface area contributed by atoms with Crippen molar-refractivity contribution >= 4 is 11.8 Å². The molecular weight excluding hydrogens is 314 g/mol. The number of amides is 2. The Kier molecular flexibility index (Phi) is 7.00. The number of rotatable bonds is 7. The van der Waals surface area contributed by atoms with Crippen molar-refractivity contribution in [2.45, 2.75) is 46.1 Å². The zero-order valence-corrected chi connectivity index (χ0v) is 15.6. The summed E-state index contributed by atoms with van der Waals surface area (Å²) in [6, 6.07) is 8.43. The summed E-state index contributed by atoms with van der Waals surface area (Å²) in [6.07, 6.45) is 2.80. The Morgan fingerprint density at radius 2 is 1.92 bits per heavy atom. The maximum Gasteiger partial charge on any atom is 0.234 e. The van der Waals surface area contributed by atoms with Crippen LogP contribution in [0.2, 0.25) is 0 Å². The Labute approximate surface area is 151 Å². The minimum atomic E-state index is -0.264. The van der Waals surface area contributed by atoms with Gasteiger partial charge in [-0.1, -0.05) is 38.1 Å². The highest BCUT2D eigenvalue weighted by molar-refractivity contribution is 5.79. The highest BCUT2D eigenvalue weighted by Gasteiger charge is 2.25. The van der Waals surface area contributed by atoms with E-state index in [4.69, 9.17) is 5.73 Å². The van der Waals surface area contributed by atoms with E-state index in [9.17, 15) is 9.59 Å². The van der Waals surface area contributed by atoms with E-state index in [0.717, 1.165) is 31.4 Å². The summed E-state index contributed by atoms with van der Waals surface area (Å²) in [5, 5.41) is 3.05. The van der Waals surface area contributed by atoms with E-state index in [1.165, 1.54) is 5.56 Å². The molecule has 1 aliphatic rings. The number of nitrogens with zero attached hydrogens (tertiary/aromatic N) is 1. The summed E-state index contributed by atoms with van der Waals surface area (Å²) >= 11 is 0. The fraction of sp³-hybridized carbons (Fsp3) is 0.600. The number of primary amides is 1. The Morgan fingerprint density at radius 1 is 1.24 bits per heavy atom. The molecule has 0 spiro atoms. The van der Waals surface area contributed by atoms with Crippen molar-refractivity contribution in [3.05, 3.63) is 35.4 Å². The molecule has 1 aromatic carbocycles. The van der Waals surface area contributed by atoms with Crippen molar-refractivity contribution < 1.29 is 9.59 Å². The smallest absolute Gasteiger partial charge is 0.234 e. The van der Waals surface area contributed by atoms with Gasteiger partial charge in [0, 0.05) is 6.54 Å². The molecule has 3 N–H and O–H groups in total. The summed E-state index contributed by atoms with van der Waals surface area (Å²) in [7, 11) is 0. The molecule has 0 unspecified atom stereocenters. The van der Waals surface area contributed by atoms with Gasteiger partial charge in [0.15, 0.2) is 0 Å². The Morgan fingerprint density at radius 3 is 2.52 bits per heavy atom. The molecular formula is C20H31N3O2. The second-order valence-corrected chi connectivity index (χ2v) is 7.61. The average Bonchev–Trinajstić information content (AvgIpc) is 2.55. The minimum Gasteiger partial charge on any atom is -0.369 e. The van der Waals surface area contributed by atoms with E-state index in [1.807, 2.05) is 11.8 Å². The number of likely N-dealkylation sites (tertiary alicyclic amines) is 1. The molecule has 25 heavy (non-hydrogen) atoms. The summed E-state index contributed by atoms with van der Waals surface area (Å²) in [5.41, 5.74) is 7.82. The fourth-order valence-electron chi connectivity index (χ4n) is 3.42. The average molecular weight is 345 g/mol. The summed E-state index contributed by atoms with van der Waals surface area (Å²) in [6.45, 7) is 8.16. The molecule has 0 saturated carbocycles. The highest BCUT2D eigenvalue weighted by Crippen LogP contribution is 2.17. The second kappa shape index (κ2) is 8.99. The van der Waals surface area contributed by atoms with Crippen molar-refractivity contribution in [2.24, 2.45) is 17.6 Å². The lowest BCUT2D eigenvalue weighted by atomic mass is 9.97. The summed E-state index contributed by atoms with van der Waals surface area (Å²) in [4.78, 5) is 25.7. The van der Waals surface area contributed by atoms with Crippen LogP contribution in [0.3, 0.4) is 0 Å². The molecule has 1 aliphatic heterocycles. The third kappa shape index (κ3) is 6.16. The first-order valence-electron chi connectivity index (χ1n) is 9.25. The maximum atomic E-state index is 12.3. The van der Waals surface area contributed by atoms with Crippen LogP contribution in [0, 0.1) is 11.8 Å². The number of benzene rings is 1. The number of nitrogens with two attached hydrogens (primary N) is 1. The van der Waals surface area contributed by atoms with Gasteiger partial charge in [-0.05, 0) is 49.8 Å². The van der Waals surface area contributed by atoms with Gasteiger partial charge in [0.05, 0.1) is 18.5 Å². The molecule has 0 aromatic heterocycles. The van der Waals surface area contributed by atoms with Crippen LogP contribution in [0.5, 0.6) is 0 Å². The minimum absolute atomic E-state index is 0.0103. The van der Waals surface area contributed by atoms with Crippen molar-refractivity contribution in [3.8, 4) is 0 Å². The van der Waals surface area contributed by atoms with E-state index in [-0.39, 0.29) is 23.8 Å². The molecule has 1 fully saturated rings. The molecule has 1 aromatic rings. The molecule has 138 valence electrons. The van der Waals surface area contributed by atoms with Gasteiger partial charge in [-0.15, -0.1) is 0 Å². The monoisotopic (exact) mass is 345 g/mol. The largest absolute Gasteiger partial charge is 0.369 e. The lowest BCUT2D eigenvalue weighted by molar-refractivity contribution is -0.127. The molecule has 2 amide bonds. The van der Waals surface area contributed by atoms with Gasteiger partial charge in [0.2, 0.25) is 11.8 Å². The van der Waals surface area contributed by atoms with E-state index < -0.39 is 0 Å². The van der Waals surface area contributed by atoms with E-state index >= 15 is 0 Å². The predicted octanol–water partition coefficient (Wildman–Crippen LogP) is 2.26. The van der Waals surface area contributed by atoms with Crippen LogP contribution in [0.15, 0.2) is 24.3 Å². The van der Waals surface area contributed by atoms with Crippen LogP contribution in [-0.4, -0.2) is 36.3 Å². The van der Waals surface area contributed by atoms with Crippen molar-refractivity contribution in [3.63, 3.8) is 0 Å². The van der Waals surface area contributed by atoms with E-state index in [2.05, 4.69) is 43.4 Å². The van der Waals surface area contributed by atoms with Gasteiger partial charge in [-0.25, -0.2) is 0 Å². The van der Waals surface area contributed by atoms with Gasteiger partial charge in [-0.2, -0.15) is 0 Å². The number of hydrogen-bond acceptors (Lipinski definition) is 3. The lowest BCUT2D eigenvalue weighted by Crippen LogP contribution is -2.45. The highest BCUT2D eigenvalue weighted by atomic mass is 16.2. The van der Waals surface area contributed by atoms with Gasteiger partial charge in [-0.3, -0.25) is 14.5 Å². The van der Waals surface area contributed by atoms with E-state index in [0.29, 0.717) is 19.0 Å². The molecule has 2 rings (SSSR count). The molecule has 0 aliphatic carbocycles. The maximum absolute atomic E-state index is 12.3. The molecule has 1 saturated heterocycles. The fourth-order valence-corrected chi connectivity index (χ4v) is 3.42. The predicted molar refractivity (Wildman–Crippen MR) is 99.9 cm³/mol. The first kappa shape index (κ1) is 19.4. The number of nitrogens with one attached hydrogen (secondary N) is 1. The van der Waals surface area contributed by atoms with E-state index in [1.54, 1.807) is 0 Å². The van der Waals surface area contributed by atoms with Crippen LogP contribution in [0.4, 0.5) is 0 Å². The quantitative estimate of drug-likeness (QED) is 0.796. The normalized spacial score (nSPS) is 19.6. The number of carbonyl (C=O) groups excluding carboxylic acids is 2. The van der Waals surface area contributed by atoms with Crippen LogP contribution in [0.25, 0.3) is 0 Å². The van der Waals surface area contributed by atoms with Gasteiger partial charge in [0.1, 0.15) is 0 Å². The molecule has 0 bridgehead atoms. The SMILES string of the molecule is CC(C)Cc1ccc([C@@H](C)NC(=O)CN2CCC[C@H](C(N)=O)C2)cc1. The standard InChI is InChI=1S/C20H31N3O2/c1-14(2)11-16-6-8-17(9-7-16)15(3)22-19(24)13-23-10-4-5-18(12-23)20(21)25/h6-9,14-15,18H,4-5,10-13H2,1-3H3,(H2,21,25)(H,22,24)/t15-,18+/m1/s1. The number of carbonyl (C=O) groups is 2. The second-order valence-electron chi connectivity index (χ2n) is 7.61. The van der Waals surface area contributed by atoms with Crippen LogP contribution < -0.4 is 11.1 Å². The van der Waals surface area contributed by atoms with Crippen molar-refractivity contribution in [1.82, 2.24) is 10.2 Å². The summed E-state index contributed by atoms with van der Waals surface area (Å²) in [5.74, 6) is 0.230. The zero-order chi connectivity index (χ0) is 18.4. The molecule has 0 radical (unpaired) electrons. The summed E-state index contributed by atoms with van der Waals surface area (Å²) < 4.78 is 0. The van der Waals surface area contributed by atoms with Crippen molar-refractivity contribution in [2.75, 3.05) is 19.6 Å². The Bertz CT molecular complexity index is 583. The third-order valence-corrected chi connectivity index (χ3v) is 4.78. The van der Waals surface area contributed by atoms with Crippen LogP contribution >= 0.6 is 0 Å². The van der Waals surface area contributed by atoms with Gasteiger partial charge < -0.3 is 11.1 Å². The van der Waals surface area contributed by atoms with Crippen LogP contribution in [-0.2, 0) is 16.0 Å². The molecule has 5 nitrogen and oxygen atoms in total. The zero-order valence-electron chi connectivity index (χ0n) is 15.6. The van der Waals surface area contributed by atoms with Gasteiger partial charge >= 0.3 is 0 Å². The molecule has 5 heteroatoms. The van der Waals surface area contributed by atoms with Crippen molar-refractivity contribution in [1.29, 1.82) is 0 Å². The van der Waals surface area contributed by atoms with Gasteiger partial charge in [0.25, 0.3) is 0 Å². The third-order valence-electron chi connectivity index (χ3n) is 4.78. The first-order chi connectivity index (χ1) is 11.8. The topological polar surface area (TPSA) is 75.4 Å².